The molecule has 0 N–H and O–H groups in total. The zero-order valence-corrected chi connectivity index (χ0v) is 9.06. The van der Waals surface area contributed by atoms with Gasteiger partial charge in [0.1, 0.15) is 0 Å². The lowest BCUT2D eigenvalue weighted by Crippen LogP contribution is -2.11. The van der Waals surface area contributed by atoms with Gasteiger partial charge in [0.15, 0.2) is 0 Å². The Kier molecular flexibility index (Phi) is 2.10. The smallest absolute Gasteiger partial charge is 0.0660 e. The van der Waals surface area contributed by atoms with Crippen LogP contribution in [0.3, 0.4) is 0 Å². The first kappa shape index (κ1) is 9.34. The van der Waals surface area contributed by atoms with Crippen LogP contribution in [0.4, 0.5) is 5.69 Å². The normalized spacial score (nSPS) is 21.0. The number of allylic oxidation sites excluding steroid dienone is 5. The summed E-state index contributed by atoms with van der Waals surface area (Å²) in [6.07, 6.45) is 12.0. The average molecular weight is 207 g/mol. The third kappa shape index (κ3) is 1.36. The van der Waals surface area contributed by atoms with Gasteiger partial charge < -0.3 is 0 Å². The van der Waals surface area contributed by atoms with Gasteiger partial charge in [0.25, 0.3) is 0 Å². The Balaban J connectivity index is 2.16. The third-order valence-electron chi connectivity index (χ3n) is 3.28. The van der Waals surface area contributed by atoms with Gasteiger partial charge in [0, 0.05) is 5.92 Å². The van der Waals surface area contributed by atoms with E-state index >= 15 is 0 Å². The SMILES string of the molecule is C=Nc1cccc2c1CC1C=CC=CC1=C2. The molecular formula is C15H13N. The van der Waals surface area contributed by atoms with E-state index < -0.39 is 0 Å². The standard InChI is InChI=1S/C15H13N/c1-16-15-8-4-7-13-9-11-5-2-3-6-12(11)10-14(13)15/h2-9,12H,1,10H2. The van der Waals surface area contributed by atoms with E-state index in [1.54, 1.807) is 0 Å². The Labute approximate surface area is 95.5 Å². The van der Waals surface area contributed by atoms with E-state index in [0.717, 1.165) is 12.1 Å². The molecule has 78 valence electrons. The van der Waals surface area contributed by atoms with Gasteiger partial charge in [0.05, 0.1) is 5.69 Å². The largest absolute Gasteiger partial charge is 0.264 e. The van der Waals surface area contributed by atoms with Gasteiger partial charge in [-0.1, -0.05) is 42.5 Å². The van der Waals surface area contributed by atoms with Crippen LogP contribution in [0.2, 0.25) is 0 Å². The van der Waals surface area contributed by atoms with Gasteiger partial charge in [-0.05, 0) is 35.9 Å². The van der Waals surface area contributed by atoms with Crippen LogP contribution in [0, 0.1) is 5.92 Å². The maximum absolute atomic E-state index is 4.10. The number of fused-ring (bicyclic) bond motifs is 2. The number of hydrogen-bond acceptors (Lipinski definition) is 1. The van der Waals surface area contributed by atoms with Crippen LogP contribution in [0.1, 0.15) is 11.1 Å². The molecule has 1 unspecified atom stereocenters. The molecule has 0 fully saturated rings. The molecule has 0 bridgehead atoms. The van der Waals surface area contributed by atoms with Crippen molar-refractivity contribution in [1.82, 2.24) is 0 Å². The molecule has 3 rings (SSSR count). The van der Waals surface area contributed by atoms with Crippen molar-refractivity contribution < 1.29 is 0 Å². The minimum absolute atomic E-state index is 0.514. The second-order valence-electron chi connectivity index (χ2n) is 4.20. The quantitative estimate of drug-likeness (QED) is 0.623. The van der Waals surface area contributed by atoms with E-state index in [2.05, 4.69) is 48.2 Å². The highest BCUT2D eigenvalue weighted by molar-refractivity contribution is 5.70. The number of rotatable bonds is 1. The van der Waals surface area contributed by atoms with Crippen molar-refractivity contribution in [3.8, 4) is 0 Å². The highest BCUT2D eigenvalue weighted by Crippen LogP contribution is 2.36. The average Bonchev–Trinajstić information content (AvgIpc) is 2.35. The lowest BCUT2D eigenvalue weighted by Gasteiger charge is -2.24. The summed E-state index contributed by atoms with van der Waals surface area (Å²) in [5.74, 6) is 0.514. The maximum Gasteiger partial charge on any atom is 0.0660 e. The molecule has 1 atom stereocenters. The summed E-state index contributed by atoms with van der Waals surface area (Å²) in [6.45, 7) is 3.64. The molecule has 0 amide bonds. The summed E-state index contributed by atoms with van der Waals surface area (Å²) in [7, 11) is 0. The molecule has 0 radical (unpaired) electrons. The predicted octanol–water partition coefficient (Wildman–Crippen LogP) is 3.70. The number of aliphatic imine (C=N–C) groups is 1. The molecule has 0 saturated heterocycles. The van der Waals surface area contributed by atoms with Crippen molar-refractivity contribution in [2.45, 2.75) is 6.42 Å². The fraction of sp³-hybridized carbons (Fsp3) is 0.133. The van der Waals surface area contributed by atoms with Crippen molar-refractivity contribution >= 4 is 18.5 Å². The van der Waals surface area contributed by atoms with E-state index in [0.29, 0.717) is 5.92 Å². The molecule has 2 aliphatic carbocycles. The Morgan fingerprint density at radius 1 is 1.25 bits per heavy atom. The first-order valence-corrected chi connectivity index (χ1v) is 5.53. The van der Waals surface area contributed by atoms with Crippen molar-refractivity contribution in [1.29, 1.82) is 0 Å². The van der Waals surface area contributed by atoms with Crippen LogP contribution < -0.4 is 0 Å². The topological polar surface area (TPSA) is 12.4 Å². The van der Waals surface area contributed by atoms with Crippen LogP contribution in [-0.2, 0) is 6.42 Å². The summed E-state index contributed by atoms with van der Waals surface area (Å²) in [5.41, 5.74) is 5.04. The molecule has 0 aromatic heterocycles. The van der Waals surface area contributed by atoms with Crippen LogP contribution >= 0.6 is 0 Å². The van der Waals surface area contributed by atoms with Gasteiger partial charge in [-0.25, -0.2) is 0 Å². The first-order valence-electron chi connectivity index (χ1n) is 5.53. The molecule has 0 spiro atoms. The van der Waals surface area contributed by atoms with Crippen molar-refractivity contribution in [3.05, 3.63) is 59.2 Å². The summed E-state index contributed by atoms with van der Waals surface area (Å²) in [6, 6.07) is 6.23. The first-order chi connectivity index (χ1) is 7.88. The summed E-state index contributed by atoms with van der Waals surface area (Å²) in [5, 5.41) is 0. The van der Waals surface area contributed by atoms with Crippen LogP contribution in [-0.4, -0.2) is 6.72 Å². The molecule has 16 heavy (non-hydrogen) atoms. The molecule has 2 aliphatic rings. The van der Waals surface area contributed by atoms with Gasteiger partial charge in [-0.2, -0.15) is 0 Å². The van der Waals surface area contributed by atoms with E-state index in [4.69, 9.17) is 0 Å². The molecule has 0 heterocycles. The van der Waals surface area contributed by atoms with Crippen molar-refractivity contribution in [3.63, 3.8) is 0 Å². The molecule has 0 aliphatic heterocycles. The molecule has 1 aromatic carbocycles. The molecule has 0 saturated carbocycles. The Hall–Kier alpha value is -1.89. The summed E-state index contributed by atoms with van der Waals surface area (Å²) < 4.78 is 0. The number of nitrogens with zero attached hydrogens (tertiary/aromatic N) is 1. The fourth-order valence-corrected chi connectivity index (χ4v) is 2.44. The summed E-state index contributed by atoms with van der Waals surface area (Å²) in [4.78, 5) is 4.10. The van der Waals surface area contributed by atoms with Gasteiger partial charge in [0.2, 0.25) is 0 Å². The van der Waals surface area contributed by atoms with E-state index in [1.165, 1.54) is 16.7 Å². The number of benzene rings is 1. The van der Waals surface area contributed by atoms with E-state index in [-0.39, 0.29) is 0 Å². The van der Waals surface area contributed by atoms with Gasteiger partial charge in [-0.15, -0.1) is 0 Å². The van der Waals surface area contributed by atoms with Crippen molar-refractivity contribution in [2.75, 3.05) is 0 Å². The van der Waals surface area contributed by atoms with E-state index in [1.807, 2.05) is 12.1 Å². The van der Waals surface area contributed by atoms with Crippen LogP contribution in [0.5, 0.6) is 0 Å². The van der Waals surface area contributed by atoms with E-state index in [9.17, 15) is 0 Å². The highest BCUT2D eigenvalue weighted by Gasteiger charge is 2.20. The Morgan fingerprint density at radius 3 is 3.06 bits per heavy atom. The number of hydrogen-bond donors (Lipinski definition) is 0. The molecule has 1 nitrogen and oxygen atoms in total. The minimum atomic E-state index is 0.514. The van der Waals surface area contributed by atoms with Gasteiger partial charge in [-0.3, -0.25) is 4.99 Å². The lowest BCUT2D eigenvalue weighted by atomic mass is 9.81. The third-order valence-corrected chi connectivity index (χ3v) is 3.28. The lowest BCUT2D eigenvalue weighted by molar-refractivity contribution is 0.759. The second kappa shape index (κ2) is 3.60. The highest BCUT2D eigenvalue weighted by atomic mass is 14.7. The second-order valence-corrected chi connectivity index (χ2v) is 4.20. The van der Waals surface area contributed by atoms with Gasteiger partial charge >= 0.3 is 0 Å². The molecular weight excluding hydrogens is 194 g/mol. The zero-order valence-electron chi connectivity index (χ0n) is 9.06. The minimum Gasteiger partial charge on any atom is -0.264 e. The Morgan fingerprint density at radius 2 is 2.19 bits per heavy atom. The molecule has 1 heteroatoms. The predicted molar refractivity (Wildman–Crippen MR) is 69.1 cm³/mol. The molecule has 1 aromatic rings. The van der Waals surface area contributed by atoms with Crippen LogP contribution in [0.25, 0.3) is 6.08 Å². The fourth-order valence-electron chi connectivity index (χ4n) is 2.44. The Bertz CT molecular complexity index is 532. The summed E-state index contributed by atoms with van der Waals surface area (Å²) >= 11 is 0. The van der Waals surface area contributed by atoms with Crippen LogP contribution in [0.15, 0.2) is 53.1 Å². The monoisotopic (exact) mass is 207 g/mol. The zero-order chi connectivity index (χ0) is 11.0. The van der Waals surface area contributed by atoms with Crippen molar-refractivity contribution in [2.24, 2.45) is 10.9 Å². The maximum atomic E-state index is 4.10.